The van der Waals surface area contributed by atoms with Crippen molar-refractivity contribution in [1.29, 1.82) is 0 Å². The number of amidine groups is 1. The van der Waals surface area contributed by atoms with Crippen LogP contribution in [0.1, 0.15) is 12.0 Å². The zero-order valence-electron chi connectivity index (χ0n) is 15.1. The summed E-state index contributed by atoms with van der Waals surface area (Å²) in [5, 5.41) is 13.5. The maximum atomic E-state index is 10.1. The van der Waals surface area contributed by atoms with E-state index in [0.717, 1.165) is 76.3 Å². The van der Waals surface area contributed by atoms with E-state index in [0.29, 0.717) is 11.4 Å². The van der Waals surface area contributed by atoms with Crippen molar-refractivity contribution < 1.29 is 14.6 Å². The monoisotopic (exact) mass is 359 g/mol. The van der Waals surface area contributed by atoms with E-state index in [-0.39, 0.29) is 5.75 Å². The van der Waals surface area contributed by atoms with Crippen LogP contribution in [0.15, 0.2) is 22.1 Å². The number of benzene rings is 1. The molecule has 140 valence electrons. The lowest BCUT2D eigenvalue weighted by Gasteiger charge is -2.29. The Labute approximate surface area is 153 Å². The number of rotatable bonds is 5. The summed E-state index contributed by atoms with van der Waals surface area (Å²) in [6.45, 7) is 7.10. The number of phenolic OH excluding ortho intramolecular Hbond substituents is 1. The van der Waals surface area contributed by atoms with E-state index in [1.807, 2.05) is 6.07 Å². The van der Waals surface area contributed by atoms with E-state index in [4.69, 9.17) is 14.5 Å². The molecular weight excluding hydrogens is 334 g/mol. The molecule has 26 heavy (non-hydrogen) atoms. The fourth-order valence-electron chi connectivity index (χ4n) is 3.57. The molecule has 2 N–H and O–H groups in total. The number of morpholine rings is 1. The molecular formula is C18H25N5O3. The third kappa shape index (κ3) is 3.22. The second-order valence-corrected chi connectivity index (χ2v) is 6.54. The lowest BCUT2D eigenvalue weighted by Crippen LogP contribution is -2.46. The Morgan fingerprint density at radius 1 is 1.27 bits per heavy atom. The normalized spacial score (nSPS) is 19.5. The number of nitrogens with one attached hydrogen (secondary N) is 1. The summed E-state index contributed by atoms with van der Waals surface area (Å²) in [6.07, 6.45) is 1.03. The Balaban J connectivity index is 1.47. The Bertz CT molecular complexity index is 728. The van der Waals surface area contributed by atoms with E-state index in [1.165, 1.54) is 0 Å². The fourth-order valence-corrected chi connectivity index (χ4v) is 3.57. The van der Waals surface area contributed by atoms with Crippen molar-refractivity contribution in [3.63, 3.8) is 0 Å². The minimum atomic E-state index is 0.0914. The van der Waals surface area contributed by atoms with Crippen molar-refractivity contribution in [2.45, 2.75) is 6.42 Å². The molecule has 3 aliphatic heterocycles. The first-order valence-electron chi connectivity index (χ1n) is 9.13. The third-order valence-electron chi connectivity index (χ3n) is 4.91. The molecule has 1 aromatic rings. The highest BCUT2D eigenvalue weighted by molar-refractivity contribution is 6.16. The van der Waals surface area contributed by atoms with Gasteiger partial charge in [-0.25, -0.2) is 4.99 Å². The third-order valence-corrected chi connectivity index (χ3v) is 4.91. The zero-order chi connectivity index (χ0) is 17.9. The molecule has 0 unspecified atom stereocenters. The molecule has 4 rings (SSSR count). The molecule has 1 saturated heterocycles. The summed E-state index contributed by atoms with van der Waals surface area (Å²) < 4.78 is 10.8. The number of ether oxygens (including phenoxy) is 2. The van der Waals surface area contributed by atoms with Crippen molar-refractivity contribution in [2.75, 3.05) is 59.6 Å². The van der Waals surface area contributed by atoms with Crippen LogP contribution in [0.3, 0.4) is 0 Å². The van der Waals surface area contributed by atoms with Gasteiger partial charge in [-0.2, -0.15) is 0 Å². The summed E-state index contributed by atoms with van der Waals surface area (Å²) in [5.74, 6) is 2.15. The molecule has 0 spiro atoms. The second kappa shape index (κ2) is 7.51. The molecule has 0 saturated carbocycles. The standard InChI is InChI=1S/C18H25N5O3/c1-25-16-14(24)4-3-13-15(16)21-18(23-8-6-19-17(13)23)20-5-2-7-22-9-11-26-12-10-22/h3-4,24H,2,5-12H2,1H3,(H,20,21). The Kier molecular flexibility index (Phi) is 4.94. The Morgan fingerprint density at radius 3 is 2.92 bits per heavy atom. The minimum Gasteiger partial charge on any atom is -0.504 e. The summed E-state index contributed by atoms with van der Waals surface area (Å²) >= 11 is 0. The number of fused-ring (bicyclic) bond motifs is 3. The van der Waals surface area contributed by atoms with E-state index in [9.17, 15) is 5.11 Å². The van der Waals surface area contributed by atoms with Crippen LogP contribution in [0.4, 0.5) is 5.69 Å². The number of phenols is 1. The van der Waals surface area contributed by atoms with E-state index in [1.54, 1.807) is 13.2 Å². The van der Waals surface area contributed by atoms with Crippen LogP contribution in [-0.2, 0) is 4.74 Å². The predicted octanol–water partition coefficient (Wildman–Crippen LogP) is 0.776. The quantitative estimate of drug-likeness (QED) is 0.756. The van der Waals surface area contributed by atoms with Crippen LogP contribution < -0.4 is 10.1 Å². The molecule has 3 heterocycles. The average molecular weight is 359 g/mol. The lowest BCUT2D eigenvalue weighted by atomic mass is 10.1. The maximum Gasteiger partial charge on any atom is 0.205 e. The topological polar surface area (TPSA) is 81.9 Å². The fraction of sp³-hybridized carbons (Fsp3) is 0.556. The first-order valence-corrected chi connectivity index (χ1v) is 9.13. The van der Waals surface area contributed by atoms with Gasteiger partial charge in [0.25, 0.3) is 0 Å². The highest BCUT2D eigenvalue weighted by atomic mass is 16.5. The predicted molar refractivity (Wildman–Crippen MR) is 99.7 cm³/mol. The second-order valence-electron chi connectivity index (χ2n) is 6.54. The van der Waals surface area contributed by atoms with Gasteiger partial charge < -0.3 is 19.9 Å². The highest BCUT2D eigenvalue weighted by Crippen LogP contribution is 2.42. The van der Waals surface area contributed by atoms with Gasteiger partial charge in [-0.1, -0.05) is 0 Å². The van der Waals surface area contributed by atoms with Gasteiger partial charge in [-0.3, -0.25) is 14.8 Å². The lowest BCUT2D eigenvalue weighted by molar-refractivity contribution is 0.0376. The molecule has 0 aromatic heterocycles. The van der Waals surface area contributed by atoms with Gasteiger partial charge in [0.2, 0.25) is 5.96 Å². The van der Waals surface area contributed by atoms with Crippen LogP contribution in [0.2, 0.25) is 0 Å². The van der Waals surface area contributed by atoms with Gasteiger partial charge in [-0.15, -0.1) is 0 Å². The van der Waals surface area contributed by atoms with Crippen LogP contribution in [0.25, 0.3) is 0 Å². The van der Waals surface area contributed by atoms with Gasteiger partial charge in [0, 0.05) is 31.7 Å². The SMILES string of the molecule is COc1c(O)ccc2c1N=C(NCCCN1CCOCC1)N1CCN=C21. The number of guanidine groups is 1. The number of hydrogen-bond donors (Lipinski definition) is 2. The Morgan fingerprint density at radius 2 is 2.12 bits per heavy atom. The number of aromatic hydroxyl groups is 1. The molecule has 0 radical (unpaired) electrons. The number of methoxy groups -OCH3 is 1. The average Bonchev–Trinajstić information content (AvgIpc) is 3.16. The van der Waals surface area contributed by atoms with E-state index < -0.39 is 0 Å². The molecule has 1 aromatic carbocycles. The van der Waals surface area contributed by atoms with Crippen molar-refractivity contribution in [2.24, 2.45) is 9.98 Å². The van der Waals surface area contributed by atoms with Gasteiger partial charge in [0.15, 0.2) is 11.5 Å². The summed E-state index contributed by atoms with van der Waals surface area (Å²) in [6, 6.07) is 3.48. The van der Waals surface area contributed by atoms with Crippen molar-refractivity contribution in [3.8, 4) is 11.5 Å². The van der Waals surface area contributed by atoms with Crippen molar-refractivity contribution >= 4 is 17.5 Å². The number of nitrogens with zero attached hydrogens (tertiary/aromatic N) is 4. The van der Waals surface area contributed by atoms with Crippen molar-refractivity contribution in [3.05, 3.63) is 17.7 Å². The minimum absolute atomic E-state index is 0.0914. The zero-order valence-corrected chi connectivity index (χ0v) is 15.1. The molecule has 8 heteroatoms. The van der Waals surface area contributed by atoms with Crippen LogP contribution in [0.5, 0.6) is 11.5 Å². The first kappa shape index (κ1) is 17.1. The van der Waals surface area contributed by atoms with Gasteiger partial charge in [0.1, 0.15) is 11.5 Å². The highest BCUT2D eigenvalue weighted by Gasteiger charge is 2.31. The smallest absolute Gasteiger partial charge is 0.205 e. The molecule has 3 aliphatic rings. The van der Waals surface area contributed by atoms with Crippen LogP contribution in [0, 0.1) is 0 Å². The van der Waals surface area contributed by atoms with Gasteiger partial charge in [0.05, 0.1) is 26.9 Å². The molecule has 1 fully saturated rings. The first-order chi connectivity index (χ1) is 12.8. The number of aliphatic imine (C=N–C) groups is 2. The number of hydrogen-bond acceptors (Lipinski definition) is 8. The van der Waals surface area contributed by atoms with Gasteiger partial charge in [-0.05, 0) is 25.1 Å². The Hall–Kier alpha value is -2.32. The van der Waals surface area contributed by atoms with Crippen molar-refractivity contribution in [1.82, 2.24) is 15.1 Å². The molecule has 0 amide bonds. The molecule has 0 aliphatic carbocycles. The van der Waals surface area contributed by atoms with Gasteiger partial charge >= 0.3 is 0 Å². The van der Waals surface area contributed by atoms with E-state index in [2.05, 4.69) is 20.1 Å². The van der Waals surface area contributed by atoms with E-state index >= 15 is 0 Å². The molecule has 0 atom stereocenters. The molecule has 8 nitrogen and oxygen atoms in total. The summed E-state index contributed by atoms with van der Waals surface area (Å²) in [4.78, 5) is 13.9. The molecule has 0 bridgehead atoms. The summed E-state index contributed by atoms with van der Waals surface area (Å²) in [5.41, 5.74) is 1.54. The largest absolute Gasteiger partial charge is 0.504 e. The van der Waals surface area contributed by atoms with Crippen LogP contribution >= 0.6 is 0 Å². The summed E-state index contributed by atoms with van der Waals surface area (Å²) in [7, 11) is 1.54. The van der Waals surface area contributed by atoms with Crippen LogP contribution in [-0.4, -0.2) is 86.3 Å². The maximum absolute atomic E-state index is 10.1.